The van der Waals surface area contributed by atoms with Gasteiger partial charge in [0.2, 0.25) is 0 Å². The number of nitrogen functional groups attached to an aromatic ring is 1. The highest BCUT2D eigenvalue weighted by atomic mass is 16.5. The lowest BCUT2D eigenvalue weighted by atomic mass is 10.1. The Labute approximate surface area is 152 Å². The van der Waals surface area contributed by atoms with Crippen molar-refractivity contribution >= 4 is 17.3 Å². The third-order valence-corrected chi connectivity index (χ3v) is 5.38. The van der Waals surface area contributed by atoms with Crippen LogP contribution in [-0.2, 0) is 15.9 Å². The second kappa shape index (κ2) is 6.41. The minimum absolute atomic E-state index is 0.370. The van der Waals surface area contributed by atoms with Crippen LogP contribution in [0, 0.1) is 0 Å². The van der Waals surface area contributed by atoms with E-state index in [1.54, 1.807) is 0 Å². The quantitative estimate of drug-likeness (QED) is 0.816. The molecule has 0 bridgehead atoms. The van der Waals surface area contributed by atoms with E-state index in [9.17, 15) is 0 Å². The van der Waals surface area contributed by atoms with Crippen LogP contribution in [0.25, 0.3) is 11.4 Å². The zero-order valence-electron chi connectivity index (χ0n) is 14.7. The summed E-state index contributed by atoms with van der Waals surface area (Å²) >= 11 is 0. The van der Waals surface area contributed by atoms with E-state index < -0.39 is 0 Å². The Morgan fingerprint density at radius 3 is 2.46 bits per heavy atom. The van der Waals surface area contributed by atoms with Gasteiger partial charge in [0.05, 0.1) is 32.5 Å². The summed E-state index contributed by atoms with van der Waals surface area (Å²) in [7, 11) is 0. The molecular formula is C19H23N5O2. The average Bonchev–Trinajstić information content (AvgIpc) is 3.07. The topological polar surface area (TPSA) is 76.7 Å². The molecule has 2 N–H and O–H groups in total. The van der Waals surface area contributed by atoms with Gasteiger partial charge in [0.1, 0.15) is 11.6 Å². The zero-order chi connectivity index (χ0) is 17.5. The highest BCUT2D eigenvalue weighted by Gasteiger charge is 2.37. The molecule has 5 rings (SSSR count). The van der Waals surface area contributed by atoms with Crippen LogP contribution in [0.15, 0.2) is 24.3 Å². The number of ether oxygens (including phenoxy) is 2. The van der Waals surface area contributed by atoms with E-state index in [0.29, 0.717) is 6.04 Å². The first-order valence-electron chi connectivity index (χ1n) is 9.23. The molecule has 2 fully saturated rings. The van der Waals surface area contributed by atoms with Crippen molar-refractivity contribution in [2.75, 3.05) is 61.6 Å². The van der Waals surface area contributed by atoms with Crippen LogP contribution in [-0.4, -0.2) is 62.1 Å². The van der Waals surface area contributed by atoms with Gasteiger partial charge >= 0.3 is 0 Å². The zero-order valence-corrected chi connectivity index (χ0v) is 14.7. The first kappa shape index (κ1) is 15.8. The molecule has 2 aromatic rings. The van der Waals surface area contributed by atoms with Gasteiger partial charge in [-0.15, -0.1) is 0 Å². The molecule has 0 aliphatic carbocycles. The predicted octanol–water partition coefficient (Wildman–Crippen LogP) is 1.32. The summed E-state index contributed by atoms with van der Waals surface area (Å²) < 4.78 is 11.2. The van der Waals surface area contributed by atoms with E-state index in [4.69, 9.17) is 25.2 Å². The molecule has 26 heavy (non-hydrogen) atoms. The van der Waals surface area contributed by atoms with Gasteiger partial charge < -0.3 is 25.0 Å². The van der Waals surface area contributed by atoms with Gasteiger partial charge in [0, 0.05) is 42.9 Å². The van der Waals surface area contributed by atoms with Crippen LogP contribution >= 0.6 is 0 Å². The summed E-state index contributed by atoms with van der Waals surface area (Å²) in [6, 6.07) is 8.16. The van der Waals surface area contributed by atoms with Crippen molar-refractivity contribution in [1.29, 1.82) is 0 Å². The number of morpholine rings is 2. The minimum Gasteiger partial charge on any atom is -0.399 e. The Morgan fingerprint density at radius 1 is 0.923 bits per heavy atom. The van der Waals surface area contributed by atoms with Gasteiger partial charge in [0.25, 0.3) is 0 Å². The van der Waals surface area contributed by atoms with Gasteiger partial charge in [-0.25, -0.2) is 9.97 Å². The van der Waals surface area contributed by atoms with Crippen molar-refractivity contribution in [2.45, 2.75) is 12.5 Å². The highest BCUT2D eigenvalue weighted by molar-refractivity contribution is 5.71. The second-order valence-corrected chi connectivity index (χ2v) is 7.02. The van der Waals surface area contributed by atoms with Gasteiger partial charge in [0.15, 0.2) is 5.82 Å². The van der Waals surface area contributed by atoms with Crippen molar-refractivity contribution in [3.05, 3.63) is 29.8 Å². The summed E-state index contributed by atoms with van der Waals surface area (Å²) in [5.41, 5.74) is 8.84. The number of hydrogen-bond acceptors (Lipinski definition) is 7. The SMILES string of the molecule is Nc1ccc(-c2nc(N3CCOCC3)c3c(n2)N2CCOC[C@@H]2C3)cc1. The molecule has 4 heterocycles. The fourth-order valence-corrected chi connectivity index (χ4v) is 4.02. The lowest BCUT2D eigenvalue weighted by molar-refractivity contribution is 0.0973. The molecule has 7 nitrogen and oxygen atoms in total. The minimum atomic E-state index is 0.370. The van der Waals surface area contributed by atoms with Crippen LogP contribution in [0.5, 0.6) is 0 Å². The number of aromatic nitrogens is 2. The number of benzene rings is 1. The molecule has 0 spiro atoms. The number of nitrogens with two attached hydrogens (primary N) is 1. The fourth-order valence-electron chi connectivity index (χ4n) is 4.02. The molecule has 0 unspecified atom stereocenters. The Hall–Kier alpha value is -2.38. The fraction of sp³-hybridized carbons (Fsp3) is 0.474. The third kappa shape index (κ3) is 2.68. The van der Waals surface area contributed by atoms with Crippen LogP contribution in [0.4, 0.5) is 17.3 Å². The predicted molar refractivity (Wildman–Crippen MR) is 101 cm³/mol. The molecular weight excluding hydrogens is 330 g/mol. The lowest BCUT2D eigenvalue weighted by Gasteiger charge is -2.31. The smallest absolute Gasteiger partial charge is 0.163 e. The van der Waals surface area contributed by atoms with Gasteiger partial charge in [-0.3, -0.25) is 0 Å². The lowest BCUT2D eigenvalue weighted by Crippen LogP contribution is -2.43. The third-order valence-electron chi connectivity index (χ3n) is 5.38. The van der Waals surface area contributed by atoms with E-state index in [1.165, 1.54) is 5.56 Å². The molecule has 1 aromatic carbocycles. The molecule has 1 aromatic heterocycles. The van der Waals surface area contributed by atoms with Crippen molar-refractivity contribution in [3.8, 4) is 11.4 Å². The summed E-state index contributed by atoms with van der Waals surface area (Å²) in [5, 5.41) is 0. The largest absolute Gasteiger partial charge is 0.399 e. The first-order chi connectivity index (χ1) is 12.8. The molecule has 0 radical (unpaired) electrons. The van der Waals surface area contributed by atoms with E-state index in [2.05, 4.69) is 9.80 Å². The van der Waals surface area contributed by atoms with Crippen LogP contribution in [0.3, 0.4) is 0 Å². The summed E-state index contributed by atoms with van der Waals surface area (Å²) in [6.45, 7) is 5.62. The number of fused-ring (bicyclic) bond motifs is 3. The highest BCUT2D eigenvalue weighted by Crippen LogP contribution is 2.39. The molecule has 3 aliphatic rings. The normalized spacial score (nSPS) is 22.2. The van der Waals surface area contributed by atoms with Crippen molar-refractivity contribution in [2.24, 2.45) is 0 Å². The van der Waals surface area contributed by atoms with Crippen molar-refractivity contribution in [1.82, 2.24) is 9.97 Å². The maximum atomic E-state index is 5.84. The number of hydrogen-bond donors (Lipinski definition) is 1. The first-order valence-corrected chi connectivity index (χ1v) is 9.23. The Balaban J connectivity index is 1.62. The number of nitrogens with zero attached hydrogens (tertiary/aromatic N) is 4. The molecule has 2 saturated heterocycles. The molecule has 0 amide bonds. The molecule has 136 valence electrons. The maximum absolute atomic E-state index is 5.84. The van der Waals surface area contributed by atoms with E-state index in [-0.39, 0.29) is 0 Å². The van der Waals surface area contributed by atoms with E-state index in [1.807, 2.05) is 24.3 Å². The van der Waals surface area contributed by atoms with Crippen LogP contribution < -0.4 is 15.5 Å². The Bertz CT molecular complexity index is 804. The van der Waals surface area contributed by atoms with E-state index in [0.717, 1.165) is 81.2 Å². The maximum Gasteiger partial charge on any atom is 0.163 e. The molecule has 3 aliphatic heterocycles. The Kier molecular flexibility index (Phi) is 3.90. The van der Waals surface area contributed by atoms with Crippen molar-refractivity contribution < 1.29 is 9.47 Å². The summed E-state index contributed by atoms with van der Waals surface area (Å²) in [4.78, 5) is 14.7. The monoisotopic (exact) mass is 353 g/mol. The molecule has 7 heteroatoms. The summed E-state index contributed by atoms with van der Waals surface area (Å²) in [6.07, 6.45) is 0.948. The van der Waals surface area contributed by atoms with Gasteiger partial charge in [-0.2, -0.15) is 0 Å². The number of anilines is 3. The second-order valence-electron chi connectivity index (χ2n) is 7.02. The molecule has 1 atom stereocenters. The van der Waals surface area contributed by atoms with Crippen LogP contribution in [0.1, 0.15) is 5.56 Å². The van der Waals surface area contributed by atoms with Crippen molar-refractivity contribution in [3.63, 3.8) is 0 Å². The average molecular weight is 353 g/mol. The van der Waals surface area contributed by atoms with Gasteiger partial charge in [-0.1, -0.05) is 0 Å². The van der Waals surface area contributed by atoms with Gasteiger partial charge in [-0.05, 0) is 24.3 Å². The van der Waals surface area contributed by atoms with E-state index >= 15 is 0 Å². The summed E-state index contributed by atoms with van der Waals surface area (Å²) in [5.74, 6) is 2.89. The Morgan fingerprint density at radius 2 is 1.65 bits per heavy atom. The standard InChI is InChI=1S/C19H23N5O2/c20-14-3-1-13(2-4-14)17-21-18(23-5-8-25-9-6-23)16-11-15-12-26-10-7-24(15)19(16)22-17/h1-4,15H,5-12,20H2/t15-/m0/s1. The number of rotatable bonds is 2. The molecule has 0 saturated carbocycles. The van der Waals surface area contributed by atoms with Crippen LogP contribution in [0.2, 0.25) is 0 Å².